The summed E-state index contributed by atoms with van der Waals surface area (Å²) in [7, 11) is 0. The molecule has 0 spiro atoms. The van der Waals surface area contributed by atoms with Gasteiger partial charge in [-0.2, -0.15) is 0 Å². The van der Waals surface area contributed by atoms with Gasteiger partial charge in [-0.05, 0) is 37.7 Å². The second-order valence-electron chi connectivity index (χ2n) is 5.39. The number of amides is 1. The number of rotatable bonds is 6. The van der Waals surface area contributed by atoms with Gasteiger partial charge in [0.15, 0.2) is 0 Å². The molecule has 3 heteroatoms. The molecule has 2 aromatic rings. The van der Waals surface area contributed by atoms with Crippen LogP contribution in [0.15, 0.2) is 54.6 Å². The zero-order valence-corrected chi connectivity index (χ0v) is 13.5. The Morgan fingerprint density at radius 3 is 2.14 bits per heavy atom. The summed E-state index contributed by atoms with van der Waals surface area (Å²) < 4.78 is 0. The average Bonchev–Trinajstić information content (AvgIpc) is 2.55. The lowest BCUT2D eigenvalue weighted by atomic mass is 10.0. The first-order valence-electron chi connectivity index (χ1n) is 7.82. The summed E-state index contributed by atoms with van der Waals surface area (Å²) in [5.74, 6) is 0.0127. The smallest absolute Gasteiger partial charge is 0.246 e. The minimum Gasteiger partial charge on any atom is -0.324 e. The quantitative estimate of drug-likeness (QED) is 0.873. The van der Waals surface area contributed by atoms with Crippen LogP contribution in [-0.4, -0.2) is 23.9 Å². The van der Waals surface area contributed by atoms with E-state index in [0.717, 1.165) is 24.3 Å². The van der Waals surface area contributed by atoms with E-state index in [1.807, 2.05) is 61.5 Å². The van der Waals surface area contributed by atoms with E-state index in [1.165, 1.54) is 5.56 Å². The van der Waals surface area contributed by atoms with Gasteiger partial charge in [-0.15, -0.1) is 0 Å². The van der Waals surface area contributed by atoms with Crippen molar-refractivity contribution >= 4 is 11.6 Å². The van der Waals surface area contributed by atoms with Gasteiger partial charge >= 0.3 is 0 Å². The number of benzene rings is 2. The van der Waals surface area contributed by atoms with Gasteiger partial charge in [0, 0.05) is 5.69 Å². The predicted octanol–water partition coefficient (Wildman–Crippen LogP) is 4.02. The van der Waals surface area contributed by atoms with Crippen molar-refractivity contribution in [1.29, 1.82) is 0 Å². The van der Waals surface area contributed by atoms with Crippen LogP contribution in [0.2, 0.25) is 0 Å². The van der Waals surface area contributed by atoms with Crippen LogP contribution in [-0.2, 0) is 4.79 Å². The molecular weight excluding hydrogens is 272 g/mol. The third kappa shape index (κ3) is 3.95. The molecule has 0 heterocycles. The first-order chi connectivity index (χ1) is 10.7. The second kappa shape index (κ2) is 7.76. The molecule has 2 aromatic carbocycles. The summed E-state index contributed by atoms with van der Waals surface area (Å²) in [6.07, 6.45) is 0. The number of nitrogens with zero attached hydrogens (tertiary/aromatic N) is 1. The molecule has 3 nitrogen and oxygen atoms in total. The van der Waals surface area contributed by atoms with E-state index in [1.54, 1.807) is 0 Å². The fraction of sp³-hybridized carbons (Fsp3) is 0.316. The van der Waals surface area contributed by atoms with Gasteiger partial charge in [-0.3, -0.25) is 9.69 Å². The average molecular weight is 296 g/mol. The first kappa shape index (κ1) is 16.2. The van der Waals surface area contributed by atoms with Crippen molar-refractivity contribution in [3.8, 4) is 0 Å². The number of anilines is 1. The molecule has 0 saturated carbocycles. The van der Waals surface area contributed by atoms with Crippen LogP contribution in [0.4, 0.5) is 5.69 Å². The van der Waals surface area contributed by atoms with Crippen molar-refractivity contribution in [3.05, 3.63) is 65.7 Å². The van der Waals surface area contributed by atoms with Crippen molar-refractivity contribution in [1.82, 2.24) is 4.90 Å². The van der Waals surface area contributed by atoms with Crippen molar-refractivity contribution in [3.63, 3.8) is 0 Å². The topological polar surface area (TPSA) is 32.3 Å². The fourth-order valence-electron chi connectivity index (χ4n) is 2.60. The van der Waals surface area contributed by atoms with Crippen molar-refractivity contribution in [2.45, 2.75) is 26.8 Å². The SMILES string of the molecule is CCN(CC)C(C(=O)Nc1ccc(C)cc1)c1ccccc1. The molecule has 2 rings (SSSR count). The maximum atomic E-state index is 12.8. The molecule has 1 N–H and O–H groups in total. The van der Waals surface area contributed by atoms with E-state index in [-0.39, 0.29) is 11.9 Å². The Morgan fingerprint density at radius 1 is 1.00 bits per heavy atom. The maximum absolute atomic E-state index is 12.8. The molecule has 0 aliphatic rings. The van der Waals surface area contributed by atoms with E-state index in [4.69, 9.17) is 0 Å². The lowest BCUT2D eigenvalue weighted by Gasteiger charge is -2.29. The molecule has 1 unspecified atom stereocenters. The Balaban J connectivity index is 2.24. The van der Waals surface area contributed by atoms with Crippen LogP contribution in [0.5, 0.6) is 0 Å². The van der Waals surface area contributed by atoms with Crippen LogP contribution < -0.4 is 5.32 Å². The third-order valence-electron chi connectivity index (χ3n) is 3.86. The Kier molecular flexibility index (Phi) is 5.73. The van der Waals surface area contributed by atoms with Crippen molar-refractivity contribution < 1.29 is 4.79 Å². The minimum atomic E-state index is -0.266. The van der Waals surface area contributed by atoms with E-state index >= 15 is 0 Å². The standard InChI is InChI=1S/C19H24N2O/c1-4-21(5-2)18(16-9-7-6-8-10-16)19(22)20-17-13-11-15(3)12-14-17/h6-14,18H,4-5H2,1-3H3,(H,20,22). The molecule has 22 heavy (non-hydrogen) atoms. The highest BCUT2D eigenvalue weighted by atomic mass is 16.2. The zero-order valence-electron chi connectivity index (χ0n) is 13.5. The monoisotopic (exact) mass is 296 g/mol. The third-order valence-corrected chi connectivity index (χ3v) is 3.86. The molecule has 0 radical (unpaired) electrons. The largest absolute Gasteiger partial charge is 0.324 e. The Morgan fingerprint density at radius 2 is 1.59 bits per heavy atom. The highest BCUT2D eigenvalue weighted by Crippen LogP contribution is 2.22. The van der Waals surface area contributed by atoms with Gasteiger partial charge in [-0.1, -0.05) is 61.9 Å². The molecule has 0 fully saturated rings. The van der Waals surface area contributed by atoms with Crippen LogP contribution in [0.3, 0.4) is 0 Å². The molecule has 1 atom stereocenters. The number of likely N-dealkylation sites (N-methyl/N-ethyl adjacent to an activating group) is 1. The van der Waals surface area contributed by atoms with Crippen LogP contribution in [0.1, 0.15) is 31.0 Å². The summed E-state index contributed by atoms with van der Waals surface area (Å²) >= 11 is 0. The molecule has 116 valence electrons. The van der Waals surface area contributed by atoms with Crippen LogP contribution in [0, 0.1) is 6.92 Å². The number of hydrogen-bond acceptors (Lipinski definition) is 2. The van der Waals surface area contributed by atoms with Crippen molar-refractivity contribution in [2.75, 3.05) is 18.4 Å². The maximum Gasteiger partial charge on any atom is 0.246 e. The van der Waals surface area contributed by atoms with E-state index in [0.29, 0.717) is 0 Å². The highest BCUT2D eigenvalue weighted by molar-refractivity contribution is 5.95. The number of hydrogen-bond donors (Lipinski definition) is 1. The number of nitrogens with one attached hydrogen (secondary N) is 1. The Labute approximate surface area is 133 Å². The molecular formula is C19H24N2O. The van der Waals surface area contributed by atoms with E-state index in [9.17, 15) is 4.79 Å². The number of carbonyl (C=O) groups is 1. The first-order valence-corrected chi connectivity index (χ1v) is 7.82. The predicted molar refractivity (Wildman–Crippen MR) is 91.9 cm³/mol. The lowest BCUT2D eigenvalue weighted by molar-refractivity contribution is -0.121. The number of carbonyl (C=O) groups excluding carboxylic acids is 1. The number of aryl methyl sites for hydroxylation is 1. The second-order valence-corrected chi connectivity index (χ2v) is 5.39. The summed E-state index contributed by atoms with van der Waals surface area (Å²) in [5.41, 5.74) is 3.04. The van der Waals surface area contributed by atoms with Gasteiger partial charge in [0.2, 0.25) is 5.91 Å². The van der Waals surface area contributed by atoms with Gasteiger partial charge in [-0.25, -0.2) is 0 Å². The molecule has 1 amide bonds. The normalized spacial score (nSPS) is 12.2. The zero-order chi connectivity index (χ0) is 15.9. The summed E-state index contributed by atoms with van der Waals surface area (Å²) in [5, 5.41) is 3.04. The van der Waals surface area contributed by atoms with E-state index < -0.39 is 0 Å². The highest BCUT2D eigenvalue weighted by Gasteiger charge is 2.25. The summed E-state index contributed by atoms with van der Waals surface area (Å²) in [6.45, 7) is 7.86. The molecule has 0 aromatic heterocycles. The van der Waals surface area contributed by atoms with Crippen LogP contribution in [0.25, 0.3) is 0 Å². The molecule has 0 aliphatic carbocycles. The van der Waals surface area contributed by atoms with Crippen molar-refractivity contribution in [2.24, 2.45) is 0 Å². The fourth-order valence-corrected chi connectivity index (χ4v) is 2.60. The molecule has 0 aliphatic heterocycles. The Bertz CT molecular complexity index is 589. The summed E-state index contributed by atoms with van der Waals surface area (Å²) in [4.78, 5) is 15.0. The molecule has 0 saturated heterocycles. The van der Waals surface area contributed by atoms with E-state index in [2.05, 4.69) is 24.1 Å². The minimum absolute atomic E-state index is 0.0127. The summed E-state index contributed by atoms with van der Waals surface area (Å²) in [6, 6.07) is 17.6. The van der Waals surface area contributed by atoms with Gasteiger partial charge in [0.1, 0.15) is 6.04 Å². The van der Waals surface area contributed by atoms with Crippen LogP contribution >= 0.6 is 0 Å². The van der Waals surface area contributed by atoms with Gasteiger partial charge in [0.25, 0.3) is 0 Å². The lowest BCUT2D eigenvalue weighted by Crippen LogP contribution is -2.37. The molecule has 0 bridgehead atoms. The Hall–Kier alpha value is -2.13. The van der Waals surface area contributed by atoms with Gasteiger partial charge in [0.05, 0.1) is 0 Å². The van der Waals surface area contributed by atoms with Gasteiger partial charge < -0.3 is 5.32 Å².